The van der Waals surface area contributed by atoms with E-state index in [1.54, 1.807) is 44.2 Å². The molecule has 0 saturated heterocycles. The summed E-state index contributed by atoms with van der Waals surface area (Å²) < 4.78 is 5.14. The summed E-state index contributed by atoms with van der Waals surface area (Å²) in [5.41, 5.74) is 5.92. The van der Waals surface area contributed by atoms with Gasteiger partial charge in [-0.3, -0.25) is 20.4 Å². The van der Waals surface area contributed by atoms with Crippen molar-refractivity contribution in [2.75, 3.05) is 0 Å². The van der Waals surface area contributed by atoms with Gasteiger partial charge in [0.1, 0.15) is 12.6 Å². The standard InChI is InChI=1S/C20H23N3O4/c1-14(2)17(21-20(26)27-13-15-9-5-3-6-10-15)19(25)23-22-18(24)16-11-7-4-8-12-16/h3-12,14,17H,13H2,1-2H3,(H,21,26)(H,22,24)(H,23,25)/t17-/m0/s1. The fraction of sp³-hybridized carbons (Fsp3) is 0.250. The van der Waals surface area contributed by atoms with Gasteiger partial charge in [-0.25, -0.2) is 4.79 Å². The highest BCUT2D eigenvalue weighted by Gasteiger charge is 2.25. The SMILES string of the molecule is CC(C)[C@H](NC(=O)OCc1ccccc1)C(=O)NNC(=O)c1ccccc1. The number of alkyl carbamates (subject to hydrolysis) is 1. The molecule has 2 aromatic carbocycles. The molecule has 0 bridgehead atoms. The van der Waals surface area contributed by atoms with Crippen molar-refractivity contribution in [1.29, 1.82) is 0 Å². The van der Waals surface area contributed by atoms with E-state index in [9.17, 15) is 14.4 Å². The van der Waals surface area contributed by atoms with Crippen LogP contribution in [0.1, 0.15) is 29.8 Å². The number of rotatable bonds is 6. The van der Waals surface area contributed by atoms with Crippen LogP contribution in [0.15, 0.2) is 60.7 Å². The summed E-state index contributed by atoms with van der Waals surface area (Å²) in [6, 6.07) is 16.8. The van der Waals surface area contributed by atoms with Gasteiger partial charge in [0.2, 0.25) is 0 Å². The van der Waals surface area contributed by atoms with E-state index in [0.717, 1.165) is 5.56 Å². The van der Waals surface area contributed by atoms with E-state index < -0.39 is 23.9 Å². The second kappa shape index (κ2) is 9.96. The molecule has 2 aromatic rings. The molecular weight excluding hydrogens is 346 g/mol. The van der Waals surface area contributed by atoms with Gasteiger partial charge in [-0.1, -0.05) is 62.4 Å². The maximum Gasteiger partial charge on any atom is 0.408 e. The van der Waals surface area contributed by atoms with Gasteiger partial charge in [0, 0.05) is 5.56 Å². The third-order valence-corrected chi connectivity index (χ3v) is 3.77. The van der Waals surface area contributed by atoms with Crippen molar-refractivity contribution in [3.8, 4) is 0 Å². The lowest BCUT2D eigenvalue weighted by Gasteiger charge is -2.21. The minimum Gasteiger partial charge on any atom is -0.445 e. The average molecular weight is 369 g/mol. The first-order valence-electron chi connectivity index (χ1n) is 8.60. The fourth-order valence-corrected chi connectivity index (χ4v) is 2.28. The molecular formula is C20H23N3O4. The van der Waals surface area contributed by atoms with E-state index in [-0.39, 0.29) is 12.5 Å². The van der Waals surface area contributed by atoms with Crippen LogP contribution in [-0.4, -0.2) is 23.9 Å². The number of nitrogens with one attached hydrogen (secondary N) is 3. The van der Waals surface area contributed by atoms with Crippen LogP contribution in [0, 0.1) is 5.92 Å². The predicted octanol–water partition coefficient (Wildman–Crippen LogP) is 2.40. The molecule has 7 nitrogen and oxygen atoms in total. The van der Waals surface area contributed by atoms with Crippen molar-refractivity contribution in [3.63, 3.8) is 0 Å². The van der Waals surface area contributed by atoms with Gasteiger partial charge in [0.25, 0.3) is 11.8 Å². The smallest absolute Gasteiger partial charge is 0.408 e. The van der Waals surface area contributed by atoms with E-state index in [2.05, 4.69) is 16.2 Å². The van der Waals surface area contributed by atoms with Crippen LogP contribution in [-0.2, 0) is 16.1 Å². The van der Waals surface area contributed by atoms with Crippen LogP contribution in [0.5, 0.6) is 0 Å². The third-order valence-electron chi connectivity index (χ3n) is 3.77. The summed E-state index contributed by atoms with van der Waals surface area (Å²) in [5.74, 6) is -1.19. The molecule has 0 unspecified atom stereocenters. The monoisotopic (exact) mass is 369 g/mol. The van der Waals surface area contributed by atoms with E-state index in [1.165, 1.54) is 0 Å². The molecule has 7 heteroatoms. The van der Waals surface area contributed by atoms with Gasteiger partial charge in [-0.15, -0.1) is 0 Å². The summed E-state index contributed by atoms with van der Waals surface area (Å²) in [6.07, 6.45) is -0.706. The van der Waals surface area contributed by atoms with E-state index in [1.807, 2.05) is 30.3 Å². The zero-order valence-electron chi connectivity index (χ0n) is 15.3. The van der Waals surface area contributed by atoms with Gasteiger partial charge in [-0.05, 0) is 23.6 Å². The van der Waals surface area contributed by atoms with Crippen LogP contribution in [0.25, 0.3) is 0 Å². The van der Waals surface area contributed by atoms with E-state index in [0.29, 0.717) is 5.56 Å². The van der Waals surface area contributed by atoms with Crippen LogP contribution in [0.4, 0.5) is 4.79 Å². The first-order valence-corrected chi connectivity index (χ1v) is 8.60. The quantitative estimate of drug-likeness (QED) is 0.681. The maximum absolute atomic E-state index is 12.3. The summed E-state index contributed by atoms with van der Waals surface area (Å²) in [6.45, 7) is 3.66. The summed E-state index contributed by atoms with van der Waals surface area (Å²) in [4.78, 5) is 36.3. The summed E-state index contributed by atoms with van der Waals surface area (Å²) in [7, 11) is 0. The lowest BCUT2D eigenvalue weighted by Crippen LogP contribution is -2.54. The molecule has 2 rings (SSSR count). The minimum atomic E-state index is -0.857. The Morgan fingerprint density at radius 3 is 2.07 bits per heavy atom. The first-order chi connectivity index (χ1) is 13.0. The Morgan fingerprint density at radius 2 is 1.48 bits per heavy atom. The Labute approximate surface area is 158 Å². The van der Waals surface area contributed by atoms with Crippen LogP contribution < -0.4 is 16.2 Å². The molecule has 0 aliphatic carbocycles. The summed E-state index contributed by atoms with van der Waals surface area (Å²) >= 11 is 0. The highest BCUT2D eigenvalue weighted by molar-refractivity contribution is 5.96. The number of benzene rings is 2. The van der Waals surface area contributed by atoms with Crippen LogP contribution >= 0.6 is 0 Å². The van der Waals surface area contributed by atoms with Crippen molar-refractivity contribution in [2.45, 2.75) is 26.5 Å². The van der Waals surface area contributed by atoms with Crippen molar-refractivity contribution < 1.29 is 19.1 Å². The molecule has 3 amide bonds. The van der Waals surface area contributed by atoms with Gasteiger partial charge in [-0.2, -0.15) is 0 Å². The Hall–Kier alpha value is -3.35. The van der Waals surface area contributed by atoms with Gasteiger partial charge < -0.3 is 10.1 Å². The Bertz CT molecular complexity index is 763. The Balaban J connectivity index is 1.85. The highest BCUT2D eigenvalue weighted by atomic mass is 16.5. The molecule has 0 saturated carbocycles. The lowest BCUT2D eigenvalue weighted by molar-refractivity contribution is -0.124. The van der Waals surface area contributed by atoms with Crippen LogP contribution in [0.2, 0.25) is 0 Å². The summed E-state index contributed by atoms with van der Waals surface area (Å²) in [5, 5.41) is 2.53. The Kier molecular flexibility index (Phi) is 7.37. The van der Waals surface area contributed by atoms with Crippen molar-refractivity contribution in [2.24, 2.45) is 5.92 Å². The van der Waals surface area contributed by atoms with E-state index >= 15 is 0 Å². The molecule has 0 aliphatic heterocycles. The largest absolute Gasteiger partial charge is 0.445 e. The molecule has 3 N–H and O–H groups in total. The maximum atomic E-state index is 12.3. The molecule has 142 valence electrons. The molecule has 0 radical (unpaired) electrons. The van der Waals surface area contributed by atoms with Gasteiger partial charge in [0.15, 0.2) is 0 Å². The average Bonchev–Trinajstić information content (AvgIpc) is 2.69. The number of hydrogen-bond donors (Lipinski definition) is 3. The lowest BCUT2D eigenvalue weighted by atomic mass is 10.0. The number of amides is 3. The minimum absolute atomic E-state index is 0.101. The second-order valence-corrected chi connectivity index (χ2v) is 6.24. The third kappa shape index (κ3) is 6.47. The molecule has 0 spiro atoms. The highest BCUT2D eigenvalue weighted by Crippen LogP contribution is 2.05. The zero-order chi connectivity index (χ0) is 19.6. The Morgan fingerprint density at radius 1 is 0.889 bits per heavy atom. The van der Waals surface area contributed by atoms with Crippen molar-refractivity contribution in [3.05, 3.63) is 71.8 Å². The first kappa shape index (κ1) is 20.0. The van der Waals surface area contributed by atoms with Gasteiger partial charge in [0.05, 0.1) is 0 Å². The molecule has 0 aromatic heterocycles. The fourth-order valence-electron chi connectivity index (χ4n) is 2.28. The number of carbonyl (C=O) groups is 3. The van der Waals surface area contributed by atoms with E-state index in [4.69, 9.17) is 4.74 Å². The zero-order valence-corrected chi connectivity index (χ0v) is 15.3. The molecule has 0 aliphatic rings. The van der Waals surface area contributed by atoms with Crippen molar-refractivity contribution >= 4 is 17.9 Å². The normalized spacial score (nSPS) is 11.4. The predicted molar refractivity (Wildman–Crippen MR) is 100 cm³/mol. The molecule has 1 atom stereocenters. The van der Waals surface area contributed by atoms with Crippen molar-refractivity contribution in [1.82, 2.24) is 16.2 Å². The van der Waals surface area contributed by atoms with Gasteiger partial charge >= 0.3 is 6.09 Å². The topological polar surface area (TPSA) is 96.5 Å². The second-order valence-electron chi connectivity index (χ2n) is 6.24. The number of hydrogen-bond acceptors (Lipinski definition) is 4. The number of hydrazine groups is 1. The van der Waals surface area contributed by atoms with Crippen LogP contribution in [0.3, 0.4) is 0 Å². The number of ether oxygens (including phenoxy) is 1. The molecule has 27 heavy (non-hydrogen) atoms. The molecule has 0 fully saturated rings. The number of carbonyl (C=O) groups excluding carboxylic acids is 3. The molecule has 0 heterocycles.